The van der Waals surface area contributed by atoms with E-state index in [1.165, 1.54) is 17.0 Å². The number of carbonyl (C=O) groups is 4. The maximum absolute atomic E-state index is 14.5. The van der Waals surface area contributed by atoms with Gasteiger partial charge in [-0.25, -0.2) is 5.43 Å². The van der Waals surface area contributed by atoms with Crippen LogP contribution >= 0.6 is 0 Å². The van der Waals surface area contributed by atoms with E-state index in [0.29, 0.717) is 38.0 Å². The van der Waals surface area contributed by atoms with E-state index < -0.39 is 47.2 Å². The van der Waals surface area contributed by atoms with Gasteiger partial charge in [-0.1, -0.05) is 64.1 Å². The second-order valence-electron chi connectivity index (χ2n) is 17.6. The van der Waals surface area contributed by atoms with E-state index in [9.17, 15) is 24.3 Å². The molecule has 15 heteroatoms. The molecule has 15 nitrogen and oxygen atoms in total. The van der Waals surface area contributed by atoms with Crippen molar-refractivity contribution in [2.45, 2.75) is 91.4 Å². The Kier molecular flexibility index (Phi) is 14.3. The van der Waals surface area contributed by atoms with Crippen molar-refractivity contribution in [2.24, 2.45) is 17.1 Å². The van der Waals surface area contributed by atoms with Crippen molar-refractivity contribution in [3.63, 3.8) is 0 Å². The average Bonchev–Trinajstić information content (AvgIpc) is 3.54. The van der Waals surface area contributed by atoms with Gasteiger partial charge in [0.15, 0.2) is 5.96 Å². The number of aromatic hydroxyl groups is 1. The lowest BCUT2D eigenvalue weighted by Crippen LogP contribution is -2.62. The van der Waals surface area contributed by atoms with Gasteiger partial charge in [-0.15, -0.1) is 0 Å². The molecule has 0 saturated carbocycles. The molecule has 4 aromatic rings. The third-order valence-corrected chi connectivity index (χ3v) is 11.8. The molecule has 332 valence electrons. The summed E-state index contributed by atoms with van der Waals surface area (Å²) in [5.41, 5.74) is 15.7. The summed E-state index contributed by atoms with van der Waals surface area (Å²) in [5, 5.41) is 26.5. The molecule has 6 rings (SSSR count). The standard InChI is InChI=1S/C47H62N8O7/c1-8-54-39-16-15-31-24-35(39)36(42(54)34-13-10-9-12-30(34)17-19-61-7)25-47(4,5)27-62-45(60)37-14-11-18-55(52-37)44(59)38(22-29-20-32(31)23-33(56)21-29)51-43(58)41(28(2)3)53(6)40(57)26-50-46(48)49/h9-10,12-13,15-16,20-21,23-24,28,37-38,41,52,56H,8,11,14,17-19,22,25-27H2,1-7H3,(H,51,58)(H4,48,49,50)/t37-,38-,41?/m0/s1. The number of likely N-dealkylation sites (N-methyl/N-ethyl adjacent to an activating group) is 1. The number of carbonyl (C=O) groups excluding carboxylic acids is 4. The Balaban J connectivity index is 1.48. The Morgan fingerprint density at radius 3 is 2.58 bits per heavy atom. The highest BCUT2D eigenvalue weighted by Gasteiger charge is 2.37. The summed E-state index contributed by atoms with van der Waals surface area (Å²) in [6.07, 6.45) is 2.26. The third-order valence-electron chi connectivity index (χ3n) is 11.8. The number of ether oxygens (including phenoxy) is 2. The number of methoxy groups -OCH3 is 1. The Labute approximate surface area is 363 Å². The van der Waals surface area contributed by atoms with Crippen LogP contribution in [0.15, 0.2) is 60.7 Å². The lowest BCUT2D eigenvalue weighted by atomic mass is 9.83. The van der Waals surface area contributed by atoms with E-state index in [0.717, 1.165) is 50.8 Å². The van der Waals surface area contributed by atoms with Crippen molar-refractivity contribution >= 4 is 40.6 Å². The molecular formula is C47H62N8O7. The van der Waals surface area contributed by atoms with E-state index >= 15 is 0 Å². The Morgan fingerprint density at radius 1 is 1.11 bits per heavy atom. The van der Waals surface area contributed by atoms with Gasteiger partial charge < -0.3 is 40.4 Å². The Morgan fingerprint density at radius 2 is 1.87 bits per heavy atom. The minimum absolute atomic E-state index is 0.00737. The summed E-state index contributed by atoms with van der Waals surface area (Å²) >= 11 is 0. The molecule has 6 bridgehead atoms. The van der Waals surface area contributed by atoms with Crippen molar-refractivity contribution in [1.29, 1.82) is 5.41 Å². The van der Waals surface area contributed by atoms with Crippen LogP contribution < -0.4 is 21.8 Å². The summed E-state index contributed by atoms with van der Waals surface area (Å²) in [6.45, 7) is 11.3. The quantitative estimate of drug-likeness (QED) is 0.0709. The number of cyclic esters (lactones) is 1. The minimum atomic E-state index is -1.16. The smallest absolute Gasteiger partial charge is 0.324 e. The van der Waals surface area contributed by atoms with Gasteiger partial charge in [-0.2, -0.15) is 0 Å². The lowest BCUT2D eigenvalue weighted by Gasteiger charge is -2.36. The number of amides is 3. The molecule has 62 heavy (non-hydrogen) atoms. The summed E-state index contributed by atoms with van der Waals surface area (Å²) in [4.78, 5) is 57.0. The van der Waals surface area contributed by atoms with Crippen molar-refractivity contribution in [3.8, 4) is 28.1 Å². The Hall–Kier alpha value is -5.93. The van der Waals surface area contributed by atoms with E-state index in [1.54, 1.807) is 33.1 Å². The number of hydrogen-bond acceptors (Lipinski definition) is 9. The van der Waals surface area contributed by atoms with Crippen LogP contribution in [0.1, 0.15) is 64.2 Å². The predicted octanol–water partition coefficient (Wildman–Crippen LogP) is 4.50. The second-order valence-corrected chi connectivity index (χ2v) is 17.6. The first-order chi connectivity index (χ1) is 29.5. The number of phenolic OH excluding ortho intramolecular Hbond substituents is 1. The zero-order chi connectivity index (χ0) is 44.9. The number of phenols is 1. The van der Waals surface area contributed by atoms with Crippen molar-refractivity contribution in [1.82, 2.24) is 30.5 Å². The summed E-state index contributed by atoms with van der Waals surface area (Å²) in [5.74, 6) is -2.74. The van der Waals surface area contributed by atoms with Gasteiger partial charge in [0.05, 0.1) is 25.5 Å². The average molecular weight is 851 g/mol. The van der Waals surface area contributed by atoms with E-state index in [2.05, 4.69) is 71.7 Å². The molecule has 3 atom stereocenters. The van der Waals surface area contributed by atoms with Crippen LogP contribution in [-0.4, -0.2) is 108 Å². The molecule has 1 unspecified atom stereocenters. The van der Waals surface area contributed by atoms with Crippen molar-refractivity contribution < 1.29 is 33.8 Å². The predicted molar refractivity (Wildman–Crippen MR) is 239 cm³/mol. The highest BCUT2D eigenvalue weighted by molar-refractivity contribution is 5.96. The minimum Gasteiger partial charge on any atom is -0.508 e. The number of fused-ring (bicyclic) bond motifs is 6. The fraction of sp³-hybridized carbons (Fsp3) is 0.468. The molecular weight excluding hydrogens is 789 g/mol. The number of aromatic nitrogens is 1. The Bertz CT molecular complexity index is 2320. The fourth-order valence-corrected chi connectivity index (χ4v) is 8.83. The third kappa shape index (κ3) is 10.2. The van der Waals surface area contributed by atoms with Crippen LogP contribution in [-0.2, 0) is 54.5 Å². The zero-order valence-electron chi connectivity index (χ0n) is 37.0. The van der Waals surface area contributed by atoms with Crippen LogP contribution in [0.4, 0.5) is 0 Å². The van der Waals surface area contributed by atoms with Crippen LogP contribution in [0.5, 0.6) is 5.75 Å². The first kappa shape index (κ1) is 45.6. The van der Waals surface area contributed by atoms with Crippen molar-refractivity contribution in [3.05, 3.63) is 77.4 Å². The van der Waals surface area contributed by atoms with E-state index in [4.69, 9.17) is 20.6 Å². The number of hydrogen-bond donors (Lipinski definition) is 6. The number of guanidine groups is 1. The molecule has 3 amide bonds. The molecule has 3 heterocycles. The summed E-state index contributed by atoms with van der Waals surface area (Å²) in [7, 11) is 3.20. The molecule has 2 aliphatic rings. The van der Waals surface area contributed by atoms with Crippen LogP contribution in [0.2, 0.25) is 0 Å². The monoisotopic (exact) mass is 850 g/mol. The fourth-order valence-electron chi connectivity index (χ4n) is 8.83. The molecule has 2 aliphatic heterocycles. The highest BCUT2D eigenvalue weighted by atomic mass is 16.5. The highest BCUT2D eigenvalue weighted by Crippen LogP contribution is 2.41. The molecule has 0 spiro atoms. The van der Waals surface area contributed by atoms with Gasteiger partial charge in [-0.05, 0) is 90.6 Å². The first-order valence-corrected chi connectivity index (χ1v) is 21.5. The zero-order valence-corrected chi connectivity index (χ0v) is 37.0. The first-order valence-electron chi connectivity index (χ1n) is 21.5. The number of hydrazine groups is 1. The number of rotatable bonds is 11. The number of nitrogens with zero attached hydrogens (tertiary/aromatic N) is 3. The van der Waals surface area contributed by atoms with Gasteiger partial charge in [0.1, 0.15) is 23.9 Å². The molecule has 1 aromatic heterocycles. The number of esters is 1. The summed E-state index contributed by atoms with van der Waals surface area (Å²) < 4.78 is 13.9. The van der Waals surface area contributed by atoms with Crippen molar-refractivity contribution in [2.75, 3.05) is 40.5 Å². The number of nitrogens with two attached hydrogens (primary N) is 1. The molecule has 0 aliphatic carbocycles. The van der Waals surface area contributed by atoms with Gasteiger partial charge in [-0.3, -0.25) is 29.6 Å². The lowest BCUT2D eigenvalue weighted by molar-refractivity contribution is -0.155. The topological polar surface area (TPSA) is 204 Å². The molecule has 1 fully saturated rings. The van der Waals surface area contributed by atoms with Crippen LogP contribution in [0.3, 0.4) is 0 Å². The molecule has 0 radical (unpaired) electrons. The second kappa shape index (κ2) is 19.4. The van der Waals surface area contributed by atoms with Gasteiger partial charge in [0.2, 0.25) is 11.8 Å². The van der Waals surface area contributed by atoms with Gasteiger partial charge >= 0.3 is 5.97 Å². The number of nitrogens with one attached hydrogen (secondary N) is 4. The van der Waals surface area contributed by atoms with E-state index in [-0.39, 0.29) is 43.7 Å². The summed E-state index contributed by atoms with van der Waals surface area (Å²) in [6, 6.07) is 16.9. The normalized spacial score (nSPS) is 18.5. The van der Waals surface area contributed by atoms with E-state index in [1.807, 2.05) is 18.2 Å². The van der Waals surface area contributed by atoms with Gasteiger partial charge in [0.25, 0.3) is 5.91 Å². The SMILES string of the molecule is CCn1c(-c2ccccc2CCOC)c2c3cc(ccc31)-c1cc(O)cc(c1)C[C@H](NC(=O)C(C(C)C)N(C)C(=O)CNC(=N)N)C(=O)N1CCC[C@H](N1)C(=O)OCC(C)(C)C2. The molecule has 1 saturated heterocycles. The molecule has 3 aromatic carbocycles. The maximum atomic E-state index is 14.5. The van der Waals surface area contributed by atoms with Crippen LogP contribution in [0, 0.1) is 16.7 Å². The maximum Gasteiger partial charge on any atom is 0.324 e. The molecule has 7 N–H and O–H groups in total. The van der Waals surface area contributed by atoms with Crippen LogP contribution in [0.25, 0.3) is 33.3 Å². The largest absolute Gasteiger partial charge is 0.508 e. The number of aryl methyl sites for hydroxylation is 1. The number of benzene rings is 3. The van der Waals surface area contributed by atoms with Gasteiger partial charge in [0, 0.05) is 55.5 Å².